The van der Waals surface area contributed by atoms with Crippen molar-refractivity contribution in [3.63, 3.8) is 0 Å². The van der Waals surface area contributed by atoms with Crippen LogP contribution in [0.15, 0.2) is 33.9 Å². The SMILES string of the molecule is CCN(CC)CCn1c(-c2ccc(C)cc2)nc2c1c(=O)n(C)c(=O)n2C. The van der Waals surface area contributed by atoms with Crippen molar-refractivity contribution in [1.82, 2.24) is 23.6 Å². The molecule has 0 saturated carbocycles. The smallest absolute Gasteiger partial charge is 0.317 e. The van der Waals surface area contributed by atoms with E-state index < -0.39 is 0 Å². The van der Waals surface area contributed by atoms with Gasteiger partial charge in [0.2, 0.25) is 0 Å². The van der Waals surface area contributed by atoms with E-state index in [0.29, 0.717) is 17.7 Å². The predicted molar refractivity (Wildman–Crippen MR) is 108 cm³/mol. The molecular weight excluding hydrogens is 342 g/mol. The largest absolute Gasteiger partial charge is 0.332 e. The molecule has 1 aromatic carbocycles. The lowest BCUT2D eigenvalue weighted by atomic mass is 10.1. The van der Waals surface area contributed by atoms with Crippen molar-refractivity contribution >= 4 is 11.2 Å². The van der Waals surface area contributed by atoms with E-state index in [4.69, 9.17) is 4.98 Å². The fourth-order valence-corrected chi connectivity index (χ4v) is 3.37. The molecule has 27 heavy (non-hydrogen) atoms. The van der Waals surface area contributed by atoms with Crippen LogP contribution in [0.2, 0.25) is 0 Å². The monoisotopic (exact) mass is 369 g/mol. The minimum Gasteiger partial charge on any atom is -0.317 e. The Kier molecular flexibility index (Phi) is 5.32. The molecule has 0 unspecified atom stereocenters. The van der Waals surface area contributed by atoms with Crippen molar-refractivity contribution < 1.29 is 0 Å². The zero-order chi connectivity index (χ0) is 19.7. The first-order valence-electron chi connectivity index (χ1n) is 9.34. The highest BCUT2D eigenvalue weighted by atomic mass is 16.2. The number of benzene rings is 1. The van der Waals surface area contributed by atoms with Gasteiger partial charge >= 0.3 is 5.69 Å². The Balaban J connectivity index is 2.27. The molecule has 3 aromatic rings. The molecule has 0 amide bonds. The zero-order valence-corrected chi connectivity index (χ0v) is 16.7. The number of rotatable bonds is 6. The molecule has 7 nitrogen and oxygen atoms in total. The van der Waals surface area contributed by atoms with E-state index in [1.54, 1.807) is 7.05 Å². The summed E-state index contributed by atoms with van der Waals surface area (Å²) in [6, 6.07) is 8.07. The molecule has 0 atom stereocenters. The second kappa shape index (κ2) is 7.52. The maximum Gasteiger partial charge on any atom is 0.332 e. The number of nitrogens with zero attached hydrogens (tertiary/aromatic N) is 5. The van der Waals surface area contributed by atoms with Crippen LogP contribution in [0.25, 0.3) is 22.6 Å². The summed E-state index contributed by atoms with van der Waals surface area (Å²) >= 11 is 0. The van der Waals surface area contributed by atoms with Crippen LogP contribution in [0.5, 0.6) is 0 Å². The van der Waals surface area contributed by atoms with Gasteiger partial charge in [0.15, 0.2) is 11.2 Å². The van der Waals surface area contributed by atoms with Gasteiger partial charge in [0.1, 0.15) is 5.82 Å². The number of imidazole rings is 1. The van der Waals surface area contributed by atoms with E-state index >= 15 is 0 Å². The summed E-state index contributed by atoms with van der Waals surface area (Å²) in [5.41, 5.74) is 2.33. The van der Waals surface area contributed by atoms with Crippen LogP contribution in [-0.4, -0.2) is 43.2 Å². The van der Waals surface area contributed by atoms with Gasteiger partial charge < -0.3 is 9.47 Å². The summed E-state index contributed by atoms with van der Waals surface area (Å²) in [7, 11) is 3.17. The standard InChI is InChI=1S/C20H27N5O2/c1-6-24(7-2)12-13-25-16-18(22(4)20(27)23(5)19(16)26)21-17(25)15-10-8-14(3)9-11-15/h8-11H,6-7,12-13H2,1-5H3. The van der Waals surface area contributed by atoms with Crippen LogP contribution < -0.4 is 11.2 Å². The van der Waals surface area contributed by atoms with E-state index in [-0.39, 0.29) is 11.2 Å². The lowest BCUT2D eigenvalue weighted by molar-refractivity contribution is 0.292. The molecule has 2 aromatic heterocycles. The van der Waals surface area contributed by atoms with Gasteiger partial charge in [-0.15, -0.1) is 0 Å². The Morgan fingerprint density at radius 3 is 2.22 bits per heavy atom. The number of fused-ring (bicyclic) bond motifs is 1. The molecule has 0 aliphatic rings. The molecule has 0 fully saturated rings. The van der Waals surface area contributed by atoms with Gasteiger partial charge in [-0.05, 0) is 20.0 Å². The summed E-state index contributed by atoms with van der Waals surface area (Å²) in [6.45, 7) is 9.61. The number of hydrogen-bond acceptors (Lipinski definition) is 4. The second-order valence-corrected chi connectivity index (χ2v) is 6.86. The highest BCUT2D eigenvalue weighted by molar-refractivity contribution is 5.77. The third-order valence-corrected chi connectivity index (χ3v) is 5.19. The first kappa shape index (κ1) is 19.1. The van der Waals surface area contributed by atoms with Gasteiger partial charge in [0.05, 0.1) is 0 Å². The topological polar surface area (TPSA) is 65.1 Å². The summed E-state index contributed by atoms with van der Waals surface area (Å²) < 4.78 is 4.55. The van der Waals surface area contributed by atoms with E-state index in [9.17, 15) is 9.59 Å². The minimum absolute atomic E-state index is 0.307. The molecule has 0 radical (unpaired) electrons. The molecular formula is C20H27N5O2. The van der Waals surface area contributed by atoms with E-state index in [0.717, 1.165) is 41.2 Å². The number of hydrogen-bond donors (Lipinski definition) is 0. The average Bonchev–Trinajstić information content (AvgIpc) is 3.06. The molecule has 0 saturated heterocycles. The zero-order valence-electron chi connectivity index (χ0n) is 16.7. The van der Waals surface area contributed by atoms with Gasteiger partial charge in [0.25, 0.3) is 5.56 Å². The Labute approximate surface area is 158 Å². The number of likely N-dealkylation sites (N-methyl/N-ethyl adjacent to an activating group) is 1. The van der Waals surface area contributed by atoms with Gasteiger partial charge in [-0.2, -0.15) is 0 Å². The second-order valence-electron chi connectivity index (χ2n) is 6.86. The van der Waals surface area contributed by atoms with Crippen LogP contribution in [-0.2, 0) is 20.6 Å². The Morgan fingerprint density at radius 2 is 1.63 bits per heavy atom. The van der Waals surface area contributed by atoms with Crippen LogP contribution in [0, 0.1) is 6.92 Å². The Morgan fingerprint density at radius 1 is 1.00 bits per heavy atom. The van der Waals surface area contributed by atoms with Crippen LogP contribution in [0.1, 0.15) is 19.4 Å². The van der Waals surface area contributed by atoms with Crippen LogP contribution in [0.4, 0.5) is 0 Å². The molecule has 0 bridgehead atoms. The number of aryl methyl sites for hydroxylation is 2. The lowest BCUT2D eigenvalue weighted by Gasteiger charge is -2.19. The molecule has 0 aliphatic heterocycles. The van der Waals surface area contributed by atoms with E-state index in [1.165, 1.54) is 11.6 Å². The van der Waals surface area contributed by atoms with Crippen LogP contribution in [0.3, 0.4) is 0 Å². The first-order valence-corrected chi connectivity index (χ1v) is 9.34. The average molecular weight is 369 g/mol. The highest BCUT2D eigenvalue weighted by Gasteiger charge is 2.20. The fraction of sp³-hybridized carbons (Fsp3) is 0.450. The Bertz CT molecular complexity index is 1070. The fourth-order valence-electron chi connectivity index (χ4n) is 3.37. The van der Waals surface area contributed by atoms with Crippen molar-refractivity contribution in [2.45, 2.75) is 27.3 Å². The highest BCUT2D eigenvalue weighted by Crippen LogP contribution is 2.23. The van der Waals surface area contributed by atoms with Crippen molar-refractivity contribution in [2.75, 3.05) is 19.6 Å². The molecule has 0 spiro atoms. The van der Waals surface area contributed by atoms with E-state index in [1.807, 2.05) is 35.8 Å². The predicted octanol–water partition coefficient (Wildman–Crippen LogP) is 1.75. The van der Waals surface area contributed by atoms with Crippen molar-refractivity contribution in [2.24, 2.45) is 14.1 Å². The molecule has 0 N–H and O–H groups in total. The van der Waals surface area contributed by atoms with Gasteiger partial charge in [-0.1, -0.05) is 43.7 Å². The molecule has 2 heterocycles. The maximum atomic E-state index is 12.9. The number of aromatic nitrogens is 4. The van der Waals surface area contributed by atoms with Gasteiger partial charge in [-0.25, -0.2) is 9.78 Å². The summed E-state index contributed by atoms with van der Waals surface area (Å²) in [5, 5.41) is 0. The molecule has 3 rings (SSSR count). The molecule has 7 heteroatoms. The quantitative estimate of drug-likeness (QED) is 0.664. The third-order valence-electron chi connectivity index (χ3n) is 5.19. The van der Waals surface area contributed by atoms with Crippen molar-refractivity contribution in [3.8, 4) is 11.4 Å². The van der Waals surface area contributed by atoms with E-state index in [2.05, 4.69) is 18.7 Å². The summed E-state index contributed by atoms with van der Waals surface area (Å²) in [6.07, 6.45) is 0. The summed E-state index contributed by atoms with van der Waals surface area (Å²) in [5.74, 6) is 0.718. The first-order chi connectivity index (χ1) is 12.9. The molecule has 0 aliphatic carbocycles. The van der Waals surface area contributed by atoms with Gasteiger partial charge in [-0.3, -0.25) is 13.9 Å². The Hall–Kier alpha value is -2.67. The summed E-state index contributed by atoms with van der Waals surface area (Å²) in [4.78, 5) is 32.2. The van der Waals surface area contributed by atoms with Crippen molar-refractivity contribution in [1.29, 1.82) is 0 Å². The van der Waals surface area contributed by atoms with Crippen LogP contribution >= 0.6 is 0 Å². The lowest BCUT2D eigenvalue weighted by Crippen LogP contribution is -2.38. The van der Waals surface area contributed by atoms with Gasteiger partial charge in [0, 0.05) is 32.7 Å². The molecule has 144 valence electrons. The minimum atomic E-state index is -0.364. The third kappa shape index (κ3) is 3.35. The normalized spacial score (nSPS) is 11.6. The van der Waals surface area contributed by atoms with Crippen molar-refractivity contribution in [3.05, 3.63) is 50.7 Å². The maximum absolute atomic E-state index is 12.9.